The second-order valence-corrected chi connectivity index (χ2v) is 3.85. The lowest BCUT2D eigenvalue weighted by atomic mass is 10.2. The first-order chi connectivity index (χ1) is 8.56. The fourth-order valence-corrected chi connectivity index (χ4v) is 1.50. The SMILES string of the molecule is O=C1NC(=S)NC(=O)C1N=Nc1cccc(O)c1. The molecular formula is C10H8N4O3S. The summed E-state index contributed by atoms with van der Waals surface area (Å²) < 4.78 is 0. The molecule has 0 atom stereocenters. The molecule has 0 unspecified atom stereocenters. The fourth-order valence-electron chi connectivity index (χ4n) is 1.30. The number of benzene rings is 1. The van der Waals surface area contributed by atoms with Crippen LogP contribution in [0.15, 0.2) is 34.5 Å². The summed E-state index contributed by atoms with van der Waals surface area (Å²) in [6.07, 6.45) is 0. The molecule has 92 valence electrons. The Morgan fingerprint density at radius 2 is 1.89 bits per heavy atom. The van der Waals surface area contributed by atoms with E-state index in [-0.39, 0.29) is 10.9 Å². The number of rotatable bonds is 2. The van der Waals surface area contributed by atoms with Crippen molar-refractivity contribution in [2.75, 3.05) is 0 Å². The van der Waals surface area contributed by atoms with Crippen LogP contribution in [0.4, 0.5) is 5.69 Å². The smallest absolute Gasteiger partial charge is 0.262 e. The number of azo groups is 1. The number of nitrogens with zero attached hydrogens (tertiary/aromatic N) is 2. The molecule has 1 aliphatic rings. The highest BCUT2D eigenvalue weighted by Gasteiger charge is 2.32. The summed E-state index contributed by atoms with van der Waals surface area (Å²) in [5, 5.41) is 21.0. The van der Waals surface area contributed by atoms with Gasteiger partial charge in [0.15, 0.2) is 5.11 Å². The quantitative estimate of drug-likeness (QED) is 0.408. The summed E-state index contributed by atoms with van der Waals surface area (Å²) >= 11 is 4.64. The fraction of sp³-hybridized carbons (Fsp3) is 0.100. The van der Waals surface area contributed by atoms with Crippen LogP contribution >= 0.6 is 12.2 Å². The van der Waals surface area contributed by atoms with Gasteiger partial charge < -0.3 is 15.7 Å². The van der Waals surface area contributed by atoms with Crippen molar-refractivity contribution in [1.82, 2.24) is 10.6 Å². The van der Waals surface area contributed by atoms with Gasteiger partial charge in [-0.3, -0.25) is 9.59 Å². The lowest BCUT2D eigenvalue weighted by molar-refractivity contribution is -0.131. The number of phenols is 1. The zero-order valence-corrected chi connectivity index (χ0v) is 9.77. The highest BCUT2D eigenvalue weighted by molar-refractivity contribution is 7.80. The van der Waals surface area contributed by atoms with E-state index in [0.717, 1.165) is 0 Å². The van der Waals surface area contributed by atoms with Crippen LogP contribution in [0.2, 0.25) is 0 Å². The minimum atomic E-state index is -1.28. The third-order valence-corrected chi connectivity index (χ3v) is 2.29. The maximum absolute atomic E-state index is 11.4. The molecule has 7 nitrogen and oxygen atoms in total. The number of amides is 2. The van der Waals surface area contributed by atoms with E-state index in [4.69, 9.17) is 0 Å². The zero-order valence-electron chi connectivity index (χ0n) is 8.95. The first-order valence-electron chi connectivity index (χ1n) is 4.92. The summed E-state index contributed by atoms with van der Waals surface area (Å²) in [6, 6.07) is 4.69. The normalized spacial score (nSPS) is 16.8. The molecule has 0 radical (unpaired) electrons. The standard InChI is InChI=1S/C10H8N4O3S/c15-6-3-1-2-5(4-6)13-14-7-8(16)11-10(18)12-9(7)17/h1-4,7,15H,(H2,11,12,16,17,18). The molecule has 8 heteroatoms. The molecule has 0 aromatic heterocycles. The lowest BCUT2D eigenvalue weighted by Gasteiger charge is -2.18. The second-order valence-electron chi connectivity index (χ2n) is 3.45. The molecule has 2 rings (SSSR count). The topological polar surface area (TPSA) is 103 Å². The van der Waals surface area contributed by atoms with Crippen LogP contribution in [0.3, 0.4) is 0 Å². The predicted octanol–water partition coefficient (Wildman–Crippen LogP) is 0.375. The third kappa shape index (κ3) is 2.66. The van der Waals surface area contributed by atoms with E-state index in [1.165, 1.54) is 12.1 Å². The number of hydrogen-bond donors (Lipinski definition) is 3. The first-order valence-corrected chi connectivity index (χ1v) is 5.32. The van der Waals surface area contributed by atoms with Gasteiger partial charge in [0.2, 0.25) is 6.04 Å². The minimum absolute atomic E-state index is 0.0187. The molecule has 1 saturated heterocycles. The van der Waals surface area contributed by atoms with Gasteiger partial charge in [-0.2, -0.15) is 10.2 Å². The van der Waals surface area contributed by atoms with Crippen LogP contribution in [0, 0.1) is 0 Å². The summed E-state index contributed by atoms with van der Waals surface area (Å²) in [6.45, 7) is 0. The van der Waals surface area contributed by atoms with E-state index in [1.54, 1.807) is 12.1 Å². The molecule has 18 heavy (non-hydrogen) atoms. The van der Waals surface area contributed by atoms with Crippen molar-refractivity contribution < 1.29 is 14.7 Å². The average Bonchev–Trinajstić information content (AvgIpc) is 2.27. The van der Waals surface area contributed by atoms with Crippen molar-refractivity contribution in [1.29, 1.82) is 0 Å². The van der Waals surface area contributed by atoms with Gasteiger partial charge in [-0.25, -0.2) is 0 Å². The molecular weight excluding hydrogens is 256 g/mol. The van der Waals surface area contributed by atoms with Crippen LogP contribution in [0.25, 0.3) is 0 Å². The van der Waals surface area contributed by atoms with Crippen molar-refractivity contribution in [3.63, 3.8) is 0 Å². The van der Waals surface area contributed by atoms with Gasteiger partial charge in [-0.1, -0.05) is 6.07 Å². The van der Waals surface area contributed by atoms with Gasteiger partial charge >= 0.3 is 0 Å². The molecule has 2 amide bonds. The summed E-state index contributed by atoms with van der Waals surface area (Å²) in [7, 11) is 0. The lowest BCUT2D eigenvalue weighted by Crippen LogP contribution is -2.57. The largest absolute Gasteiger partial charge is 0.508 e. The van der Waals surface area contributed by atoms with Gasteiger partial charge in [0.25, 0.3) is 11.8 Å². The van der Waals surface area contributed by atoms with Crippen LogP contribution in [0.5, 0.6) is 5.75 Å². The van der Waals surface area contributed by atoms with E-state index in [1.807, 2.05) is 0 Å². The number of thiocarbonyl (C=S) groups is 1. The Kier molecular flexibility index (Phi) is 3.28. The molecule has 0 saturated carbocycles. The Hall–Kier alpha value is -2.35. The molecule has 0 spiro atoms. The zero-order chi connectivity index (χ0) is 13.1. The van der Waals surface area contributed by atoms with Crippen LogP contribution < -0.4 is 10.6 Å². The summed E-state index contributed by atoms with van der Waals surface area (Å²) in [5.41, 5.74) is 0.337. The molecule has 3 N–H and O–H groups in total. The van der Waals surface area contributed by atoms with Crippen molar-refractivity contribution in [3.8, 4) is 5.75 Å². The molecule has 0 aliphatic carbocycles. The number of nitrogens with one attached hydrogen (secondary N) is 2. The highest BCUT2D eigenvalue weighted by Crippen LogP contribution is 2.19. The second kappa shape index (κ2) is 4.88. The molecule has 0 bridgehead atoms. The van der Waals surface area contributed by atoms with Crippen molar-refractivity contribution in [2.45, 2.75) is 6.04 Å². The Bertz CT molecular complexity index is 538. The number of carbonyl (C=O) groups excluding carboxylic acids is 2. The maximum atomic E-state index is 11.4. The molecule has 1 aliphatic heterocycles. The molecule has 1 aromatic rings. The van der Waals surface area contributed by atoms with E-state index < -0.39 is 17.9 Å². The summed E-state index contributed by atoms with van der Waals surface area (Å²) in [4.78, 5) is 22.9. The van der Waals surface area contributed by atoms with Gasteiger partial charge in [0, 0.05) is 6.07 Å². The van der Waals surface area contributed by atoms with Crippen molar-refractivity contribution in [3.05, 3.63) is 24.3 Å². The summed E-state index contributed by atoms with van der Waals surface area (Å²) in [5.74, 6) is -1.24. The Morgan fingerprint density at radius 3 is 2.50 bits per heavy atom. The van der Waals surface area contributed by atoms with E-state index in [0.29, 0.717) is 5.69 Å². The Labute approximate surface area is 107 Å². The number of phenolic OH excluding ortho intramolecular Hbond substituents is 1. The first kappa shape index (κ1) is 12.1. The van der Waals surface area contributed by atoms with Crippen LogP contribution in [0.1, 0.15) is 0 Å². The van der Waals surface area contributed by atoms with E-state index >= 15 is 0 Å². The number of carbonyl (C=O) groups is 2. The van der Waals surface area contributed by atoms with E-state index in [2.05, 4.69) is 33.1 Å². The van der Waals surface area contributed by atoms with Crippen LogP contribution in [-0.2, 0) is 9.59 Å². The Balaban J connectivity index is 2.16. The number of hydrogen-bond acceptors (Lipinski definition) is 6. The Morgan fingerprint density at radius 1 is 1.22 bits per heavy atom. The van der Waals surface area contributed by atoms with Crippen molar-refractivity contribution in [2.24, 2.45) is 10.2 Å². The van der Waals surface area contributed by atoms with E-state index in [9.17, 15) is 14.7 Å². The third-order valence-electron chi connectivity index (χ3n) is 2.09. The number of aromatic hydroxyl groups is 1. The molecule has 1 fully saturated rings. The monoisotopic (exact) mass is 264 g/mol. The van der Waals surface area contributed by atoms with Gasteiger partial charge in [-0.05, 0) is 24.4 Å². The maximum Gasteiger partial charge on any atom is 0.262 e. The van der Waals surface area contributed by atoms with Crippen molar-refractivity contribution >= 4 is 34.8 Å². The van der Waals surface area contributed by atoms with Gasteiger partial charge in [0.1, 0.15) is 5.75 Å². The van der Waals surface area contributed by atoms with Gasteiger partial charge in [0.05, 0.1) is 5.69 Å². The van der Waals surface area contributed by atoms with Crippen LogP contribution in [-0.4, -0.2) is 28.1 Å². The molecule has 1 aromatic carbocycles. The highest BCUT2D eigenvalue weighted by atomic mass is 32.1. The minimum Gasteiger partial charge on any atom is -0.508 e. The molecule has 1 heterocycles. The van der Waals surface area contributed by atoms with Gasteiger partial charge in [-0.15, -0.1) is 0 Å². The predicted molar refractivity (Wildman–Crippen MR) is 65.3 cm³/mol. The average molecular weight is 264 g/mol.